The molecule has 1 aromatic carbocycles. The van der Waals surface area contributed by atoms with Crippen LogP contribution in [0, 0.1) is 13.8 Å². The summed E-state index contributed by atoms with van der Waals surface area (Å²) < 4.78 is 5.73. The van der Waals surface area contributed by atoms with Crippen LogP contribution in [0.2, 0.25) is 0 Å². The van der Waals surface area contributed by atoms with Gasteiger partial charge in [0.1, 0.15) is 0 Å². The number of hydrogen-bond donors (Lipinski definition) is 0. The zero-order valence-electron chi connectivity index (χ0n) is 10.0. The third-order valence-electron chi connectivity index (χ3n) is 3.39. The predicted molar refractivity (Wildman–Crippen MR) is 68.1 cm³/mol. The molecule has 0 saturated carbocycles. The number of halogens is 1. The normalized spacial score (nSPS) is 23.1. The largest absolute Gasteiger partial charge is 0.376 e. The molecule has 1 aromatic rings. The lowest BCUT2D eigenvalue weighted by Crippen LogP contribution is -2.23. The summed E-state index contributed by atoms with van der Waals surface area (Å²) in [4.78, 5) is 0. The van der Waals surface area contributed by atoms with Crippen molar-refractivity contribution in [1.82, 2.24) is 0 Å². The molecule has 0 aliphatic carbocycles. The van der Waals surface area contributed by atoms with Crippen molar-refractivity contribution in [3.63, 3.8) is 0 Å². The Bertz CT molecular complexity index is 356. The van der Waals surface area contributed by atoms with Crippen molar-refractivity contribution in [2.24, 2.45) is 0 Å². The molecule has 2 heteroatoms. The van der Waals surface area contributed by atoms with E-state index in [1.165, 1.54) is 29.5 Å². The summed E-state index contributed by atoms with van der Waals surface area (Å²) in [6.07, 6.45) is 3.69. The molecule has 1 fully saturated rings. The molecular formula is C14H19ClO. The first-order chi connectivity index (χ1) is 7.68. The molecule has 0 N–H and O–H groups in total. The summed E-state index contributed by atoms with van der Waals surface area (Å²) in [5.74, 6) is 0. The van der Waals surface area contributed by atoms with Gasteiger partial charge in [-0.05, 0) is 49.8 Å². The van der Waals surface area contributed by atoms with E-state index in [0.717, 1.165) is 13.0 Å². The van der Waals surface area contributed by atoms with Crippen LogP contribution in [0.3, 0.4) is 0 Å². The molecule has 1 saturated heterocycles. The highest BCUT2D eigenvalue weighted by atomic mass is 35.5. The first-order valence-corrected chi connectivity index (χ1v) is 6.45. The van der Waals surface area contributed by atoms with E-state index >= 15 is 0 Å². The summed E-state index contributed by atoms with van der Waals surface area (Å²) in [7, 11) is 0. The zero-order chi connectivity index (χ0) is 11.5. The summed E-state index contributed by atoms with van der Waals surface area (Å²) in [5.41, 5.74) is 3.81. The zero-order valence-corrected chi connectivity index (χ0v) is 10.8. The van der Waals surface area contributed by atoms with Gasteiger partial charge in [-0.2, -0.15) is 0 Å². The topological polar surface area (TPSA) is 9.23 Å². The minimum absolute atomic E-state index is 0.000370. The van der Waals surface area contributed by atoms with Gasteiger partial charge in [-0.15, -0.1) is 11.6 Å². The molecule has 1 heterocycles. The Morgan fingerprint density at radius 2 is 2.06 bits per heavy atom. The van der Waals surface area contributed by atoms with E-state index in [-0.39, 0.29) is 11.5 Å². The van der Waals surface area contributed by atoms with Gasteiger partial charge in [-0.25, -0.2) is 0 Å². The van der Waals surface area contributed by atoms with Crippen LogP contribution in [-0.2, 0) is 4.74 Å². The third-order valence-corrected chi connectivity index (χ3v) is 3.92. The van der Waals surface area contributed by atoms with Crippen LogP contribution in [0.5, 0.6) is 0 Å². The SMILES string of the molecule is Cc1ccc(C(Cl)C2CCCCO2)cc1C. The van der Waals surface area contributed by atoms with Gasteiger partial charge in [-0.1, -0.05) is 18.2 Å². The second kappa shape index (κ2) is 5.20. The molecule has 0 amide bonds. The first kappa shape index (κ1) is 11.9. The molecule has 2 atom stereocenters. The molecule has 88 valence electrons. The number of hydrogen-bond acceptors (Lipinski definition) is 1. The van der Waals surface area contributed by atoms with Crippen molar-refractivity contribution in [3.8, 4) is 0 Å². The average molecular weight is 239 g/mol. The third kappa shape index (κ3) is 2.58. The first-order valence-electron chi connectivity index (χ1n) is 6.01. The molecule has 1 aliphatic rings. The van der Waals surface area contributed by atoms with Gasteiger partial charge in [0, 0.05) is 6.61 Å². The Hall–Kier alpha value is -0.530. The van der Waals surface area contributed by atoms with Crippen LogP contribution >= 0.6 is 11.6 Å². The minimum Gasteiger partial charge on any atom is -0.376 e. The highest BCUT2D eigenvalue weighted by Gasteiger charge is 2.24. The van der Waals surface area contributed by atoms with Crippen molar-refractivity contribution < 1.29 is 4.74 Å². The van der Waals surface area contributed by atoms with Crippen molar-refractivity contribution in [2.75, 3.05) is 6.61 Å². The fraction of sp³-hybridized carbons (Fsp3) is 0.571. The van der Waals surface area contributed by atoms with Crippen LogP contribution in [0.15, 0.2) is 18.2 Å². The molecule has 1 aliphatic heterocycles. The van der Waals surface area contributed by atoms with E-state index < -0.39 is 0 Å². The predicted octanol–water partition coefficient (Wildman–Crippen LogP) is 4.15. The lowest BCUT2D eigenvalue weighted by molar-refractivity contribution is 0.0136. The second-order valence-electron chi connectivity index (χ2n) is 4.65. The van der Waals surface area contributed by atoms with Crippen LogP contribution < -0.4 is 0 Å². The molecule has 0 spiro atoms. The van der Waals surface area contributed by atoms with Crippen LogP contribution in [0.25, 0.3) is 0 Å². The highest BCUT2D eigenvalue weighted by molar-refractivity contribution is 6.21. The standard InChI is InChI=1S/C14H19ClO/c1-10-6-7-12(9-11(10)2)14(15)13-5-3-4-8-16-13/h6-7,9,13-14H,3-5,8H2,1-2H3. The van der Waals surface area contributed by atoms with Crippen molar-refractivity contribution in [2.45, 2.75) is 44.6 Å². The van der Waals surface area contributed by atoms with Crippen LogP contribution in [0.4, 0.5) is 0 Å². The Labute approximate surface area is 103 Å². The van der Waals surface area contributed by atoms with E-state index in [4.69, 9.17) is 16.3 Å². The van der Waals surface area contributed by atoms with E-state index in [9.17, 15) is 0 Å². The van der Waals surface area contributed by atoms with Crippen molar-refractivity contribution in [3.05, 3.63) is 34.9 Å². The molecule has 0 radical (unpaired) electrons. The van der Waals surface area contributed by atoms with Gasteiger partial charge in [0.2, 0.25) is 0 Å². The molecular weight excluding hydrogens is 220 g/mol. The summed E-state index contributed by atoms with van der Waals surface area (Å²) in [6.45, 7) is 5.11. The Morgan fingerprint density at radius 3 is 2.69 bits per heavy atom. The van der Waals surface area contributed by atoms with Crippen molar-refractivity contribution >= 4 is 11.6 Å². The lowest BCUT2D eigenvalue weighted by Gasteiger charge is -2.27. The van der Waals surface area contributed by atoms with Crippen molar-refractivity contribution in [1.29, 1.82) is 0 Å². The fourth-order valence-corrected chi connectivity index (χ4v) is 2.48. The van der Waals surface area contributed by atoms with Gasteiger partial charge >= 0.3 is 0 Å². The maximum atomic E-state index is 6.48. The number of alkyl halides is 1. The Balaban J connectivity index is 2.12. The number of rotatable bonds is 2. The molecule has 0 bridgehead atoms. The summed E-state index contributed by atoms with van der Waals surface area (Å²) in [5, 5.41) is -0.000370. The van der Waals surface area contributed by atoms with Gasteiger partial charge in [-0.3, -0.25) is 0 Å². The number of ether oxygens (including phenoxy) is 1. The maximum Gasteiger partial charge on any atom is 0.0847 e. The molecule has 2 unspecified atom stereocenters. The van der Waals surface area contributed by atoms with Crippen LogP contribution in [-0.4, -0.2) is 12.7 Å². The van der Waals surface area contributed by atoms with E-state index in [1.807, 2.05) is 0 Å². The molecule has 1 nitrogen and oxygen atoms in total. The highest BCUT2D eigenvalue weighted by Crippen LogP contribution is 2.32. The second-order valence-corrected chi connectivity index (χ2v) is 5.12. The smallest absolute Gasteiger partial charge is 0.0847 e. The summed E-state index contributed by atoms with van der Waals surface area (Å²) in [6, 6.07) is 6.45. The summed E-state index contributed by atoms with van der Waals surface area (Å²) >= 11 is 6.48. The molecule has 2 rings (SSSR count). The average Bonchev–Trinajstić information content (AvgIpc) is 2.33. The molecule has 16 heavy (non-hydrogen) atoms. The van der Waals surface area contributed by atoms with Gasteiger partial charge in [0.15, 0.2) is 0 Å². The number of aryl methyl sites for hydroxylation is 2. The Morgan fingerprint density at radius 1 is 1.25 bits per heavy atom. The van der Waals surface area contributed by atoms with Gasteiger partial charge < -0.3 is 4.74 Å². The fourth-order valence-electron chi connectivity index (χ4n) is 2.15. The van der Waals surface area contributed by atoms with Gasteiger partial charge in [0.25, 0.3) is 0 Å². The quantitative estimate of drug-likeness (QED) is 0.704. The molecule has 0 aromatic heterocycles. The monoisotopic (exact) mass is 238 g/mol. The van der Waals surface area contributed by atoms with E-state index in [0.29, 0.717) is 0 Å². The van der Waals surface area contributed by atoms with E-state index in [2.05, 4.69) is 32.0 Å². The minimum atomic E-state index is -0.000370. The number of benzene rings is 1. The van der Waals surface area contributed by atoms with Gasteiger partial charge in [0.05, 0.1) is 11.5 Å². The lowest BCUT2D eigenvalue weighted by atomic mass is 9.98. The van der Waals surface area contributed by atoms with E-state index in [1.54, 1.807) is 0 Å². The van der Waals surface area contributed by atoms with Crippen LogP contribution in [0.1, 0.15) is 41.3 Å². The maximum absolute atomic E-state index is 6.48. The Kier molecular flexibility index (Phi) is 3.88.